The molecular weight excluding hydrogens is 453 g/mol. The lowest BCUT2D eigenvalue weighted by Crippen LogP contribution is -2.05. The van der Waals surface area contributed by atoms with Crippen LogP contribution in [-0.2, 0) is 16.0 Å². The molecule has 0 fully saturated rings. The fourth-order valence-corrected chi connectivity index (χ4v) is 4.03. The van der Waals surface area contributed by atoms with Crippen LogP contribution in [0.15, 0.2) is 71.9 Å². The number of fused-ring (bicyclic) bond motifs is 1. The lowest BCUT2D eigenvalue weighted by atomic mass is 10.1. The molecule has 1 aromatic heterocycles. The summed E-state index contributed by atoms with van der Waals surface area (Å²) < 4.78 is 70.3. The van der Waals surface area contributed by atoms with Gasteiger partial charge in [-0.15, -0.1) is 0 Å². The smallest absolute Gasteiger partial charge is 0.418 e. The molecule has 0 spiro atoms. The van der Waals surface area contributed by atoms with Gasteiger partial charge in [0.15, 0.2) is 9.84 Å². The van der Waals surface area contributed by atoms with Gasteiger partial charge in [-0.2, -0.15) is 13.2 Å². The molecule has 0 atom stereocenters. The molecule has 0 saturated carbocycles. The van der Waals surface area contributed by atoms with Crippen molar-refractivity contribution in [2.45, 2.75) is 11.1 Å². The molecule has 0 amide bonds. The quantitative estimate of drug-likeness (QED) is 0.376. The van der Waals surface area contributed by atoms with Crippen molar-refractivity contribution in [2.75, 3.05) is 6.26 Å². The predicted octanol–water partition coefficient (Wildman–Crippen LogP) is 5.89. The highest BCUT2D eigenvalue weighted by molar-refractivity contribution is 7.90. The molecule has 0 aliphatic carbocycles. The average Bonchev–Trinajstić information content (AvgIpc) is 3.11. The molecule has 31 heavy (non-hydrogen) atoms. The Morgan fingerprint density at radius 2 is 1.71 bits per heavy atom. The van der Waals surface area contributed by atoms with Gasteiger partial charge in [0.25, 0.3) is 0 Å². The second kappa shape index (κ2) is 7.58. The number of rotatable bonds is 4. The minimum absolute atomic E-state index is 0.109. The number of hydrogen-bond acceptors (Lipinski definition) is 4. The van der Waals surface area contributed by atoms with E-state index in [-0.39, 0.29) is 21.0 Å². The largest absolute Gasteiger partial charge is 0.457 e. The summed E-state index contributed by atoms with van der Waals surface area (Å²) in [7, 11) is -3.39. The Hall–Kier alpha value is -3.04. The van der Waals surface area contributed by atoms with Gasteiger partial charge in [0.2, 0.25) is 0 Å². The van der Waals surface area contributed by atoms with E-state index in [2.05, 4.69) is 4.98 Å². The second-order valence-corrected chi connectivity index (χ2v) is 9.17. The molecule has 1 heterocycles. The molecule has 0 unspecified atom stereocenters. The number of imidazole rings is 1. The van der Waals surface area contributed by atoms with Crippen LogP contribution in [0, 0.1) is 0 Å². The first-order chi connectivity index (χ1) is 14.5. The van der Waals surface area contributed by atoms with Crippen molar-refractivity contribution in [3.63, 3.8) is 0 Å². The van der Waals surface area contributed by atoms with E-state index < -0.39 is 21.6 Å². The van der Waals surface area contributed by atoms with Crippen LogP contribution in [0.4, 0.5) is 13.2 Å². The van der Waals surface area contributed by atoms with Crippen LogP contribution in [0.5, 0.6) is 11.5 Å². The Morgan fingerprint density at radius 3 is 2.39 bits per heavy atom. The van der Waals surface area contributed by atoms with E-state index in [1.54, 1.807) is 24.3 Å². The van der Waals surface area contributed by atoms with E-state index in [0.717, 1.165) is 12.3 Å². The van der Waals surface area contributed by atoms with Crippen LogP contribution in [0.2, 0.25) is 5.02 Å². The highest BCUT2D eigenvalue weighted by atomic mass is 35.5. The summed E-state index contributed by atoms with van der Waals surface area (Å²) in [6.07, 6.45) is -2.16. The SMILES string of the molecule is CS(=O)(=O)c1cccc(Oc2ccc(-n3cnc4c(C(F)(F)F)cccc43)c(Cl)c2)c1. The number of aromatic nitrogens is 2. The number of benzene rings is 3. The van der Waals surface area contributed by atoms with Gasteiger partial charge in [0, 0.05) is 12.3 Å². The topological polar surface area (TPSA) is 61.2 Å². The highest BCUT2D eigenvalue weighted by Gasteiger charge is 2.33. The van der Waals surface area contributed by atoms with Crippen molar-refractivity contribution in [3.05, 3.63) is 77.6 Å². The number of alkyl halides is 3. The monoisotopic (exact) mass is 466 g/mol. The Morgan fingerprint density at radius 1 is 1.00 bits per heavy atom. The molecular formula is C21H14ClF3N2O3S. The number of halogens is 4. The third-order valence-corrected chi connectivity index (χ3v) is 5.94. The maximum Gasteiger partial charge on any atom is 0.418 e. The Labute approximate surface area is 180 Å². The van der Waals surface area contributed by atoms with Gasteiger partial charge in [-0.3, -0.25) is 4.57 Å². The third-order valence-electron chi connectivity index (χ3n) is 4.53. The number of sulfone groups is 1. The molecule has 0 saturated heterocycles. The van der Waals surface area contributed by atoms with Crippen LogP contribution in [0.1, 0.15) is 5.56 Å². The zero-order chi connectivity index (χ0) is 22.4. The predicted molar refractivity (Wildman–Crippen MR) is 111 cm³/mol. The van der Waals surface area contributed by atoms with Crippen LogP contribution in [-0.4, -0.2) is 24.2 Å². The summed E-state index contributed by atoms with van der Waals surface area (Å²) in [5, 5.41) is 0.216. The van der Waals surface area contributed by atoms with Crippen molar-refractivity contribution in [3.8, 4) is 17.2 Å². The van der Waals surface area contributed by atoms with Gasteiger partial charge in [0.05, 0.1) is 26.7 Å². The summed E-state index contributed by atoms with van der Waals surface area (Å²) in [5.74, 6) is 0.634. The average molecular weight is 467 g/mol. The molecule has 0 aliphatic rings. The molecule has 5 nitrogen and oxygen atoms in total. The van der Waals surface area contributed by atoms with E-state index in [1.165, 1.54) is 41.2 Å². The minimum Gasteiger partial charge on any atom is -0.457 e. The summed E-state index contributed by atoms with van der Waals surface area (Å²) in [6, 6.07) is 14.4. The van der Waals surface area contributed by atoms with Crippen LogP contribution >= 0.6 is 11.6 Å². The van der Waals surface area contributed by atoms with Crippen LogP contribution < -0.4 is 4.74 Å². The fourth-order valence-electron chi connectivity index (χ4n) is 3.11. The summed E-state index contributed by atoms with van der Waals surface area (Å²) in [4.78, 5) is 4.03. The van der Waals surface area contributed by atoms with Gasteiger partial charge < -0.3 is 4.74 Å². The highest BCUT2D eigenvalue weighted by Crippen LogP contribution is 2.36. The van der Waals surface area contributed by atoms with E-state index in [9.17, 15) is 21.6 Å². The Balaban J connectivity index is 1.69. The van der Waals surface area contributed by atoms with E-state index in [0.29, 0.717) is 17.2 Å². The Kier molecular flexibility index (Phi) is 5.18. The molecule has 0 radical (unpaired) electrons. The van der Waals surface area contributed by atoms with Crippen molar-refractivity contribution in [1.82, 2.24) is 9.55 Å². The molecule has 160 valence electrons. The van der Waals surface area contributed by atoms with Gasteiger partial charge in [-0.25, -0.2) is 13.4 Å². The normalized spacial score (nSPS) is 12.3. The van der Waals surface area contributed by atoms with Crippen molar-refractivity contribution in [2.24, 2.45) is 0 Å². The second-order valence-electron chi connectivity index (χ2n) is 6.75. The summed E-state index contributed by atoms with van der Waals surface area (Å²) in [5.41, 5.74) is -0.332. The van der Waals surface area contributed by atoms with E-state index in [1.807, 2.05) is 0 Å². The number of ether oxygens (including phenoxy) is 1. The Bertz CT molecular complexity index is 1400. The maximum absolute atomic E-state index is 13.2. The zero-order valence-electron chi connectivity index (χ0n) is 15.9. The maximum atomic E-state index is 13.2. The summed E-state index contributed by atoms with van der Waals surface area (Å²) >= 11 is 6.37. The first-order valence-electron chi connectivity index (χ1n) is 8.85. The molecule has 10 heteroatoms. The minimum atomic E-state index is -4.53. The molecule has 4 rings (SSSR count). The van der Waals surface area contributed by atoms with Gasteiger partial charge >= 0.3 is 6.18 Å². The standard InChI is InChI=1S/C21H14ClF3N2O3S/c1-31(28,29)15-5-2-4-13(10-15)30-14-8-9-18(17(22)11-14)27-12-26-20-16(21(23,24)25)6-3-7-19(20)27/h2-12H,1H3. The molecule has 0 aliphatic heterocycles. The number of nitrogens with zero attached hydrogens (tertiary/aromatic N) is 2. The van der Waals surface area contributed by atoms with Crippen molar-refractivity contribution in [1.29, 1.82) is 0 Å². The molecule has 3 aromatic carbocycles. The fraction of sp³-hybridized carbons (Fsp3) is 0.0952. The number of hydrogen-bond donors (Lipinski definition) is 0. The van der Waals surface area contributed by atoms with Crippen molar-refractivity contribution >= 4 is 32.5 Å². The number of para-hydroxylation sites is 1. The first-order valence-corrected chi connectivity index (χ1v) is 11.1. The van der Waals surface area contributed by atoms with Gasteiger partial charge in [-0.05, 0) is 42.5 Å². The van der Waals surface area contributed by atoms with Gasteiger partial charge in [0.1, 0.15) is 23.3 Å². The lowest BCUT2D eigenvalue weighted by molar-refractivity contribution is -0.136. The lowest BCUT2D eigenvalue weighted by Gasteiger charge is -2.12. The molecule has 0 bridgehead atoms. The summed E-state index contributed by atoms with van der Waals surface area (Å²) in [6.45, 7) is 0. The van der Waals surface area contributed by atoms with Crippen LogP contribution in [0.25, 0.3) is 16.7 Å². The third kappa shape index (κ3) is 4.24. The zero-order valence-corrected chi connectivity index (χ0v) is 17.5. The van der Waals surface area contributed by atoms with Gasteiger partial charge in [-0.1, -0.05) is 23.7 Å². The molecule has 0 N–H and O–H groups in total. The van der Waals surface area contributed by atoms with Crippen LogP contribution in [0.3, 0.4) is 0 Å². The van der Waals surface area contributed by atoms with Crippen molar-refractivity contribution < 1.29 is 26.3 Å². The van der Waals surface area contributed by atoms with E-state index >= 15 is 0 Å². The molecule has 4 aromatic rings. The van der Waals surface area contributed by atoms with E-state index in [4.69, 9.17) is 16.3 Å². The first kappa shape index (κ1) is 21.2.